The van der Waals surface area contributed by atoms with Crippen molar-refractivity contribution >= 4 is 37.1 Å². The summed E-state index contributed by atoms with van der Waals surface area (Å²) in [4.78, 5) is 8.90. The van der Waals surface area contributed by atoms with Crippen LogP contribution in [-0.2, 0) is 12.6 Å². The average molecular weight is 245 g/mol. The van der Waals surface area contributed by atoms with Crippen LogP contribution in [-0.4, -0.2) is 15.0 Å². The second-order valence-corrected chi connectivity index (χ2v) is 2.48. The second-order valence-electron chi connectivity index (χ2n) is 1.30. The molecule has 0 aliphatic rings. The molecule has 0 spiro atoms. The van der Waals surface area contributed by atoms with E-state index in [4.69, 9.17) is 12.2 Å². The molecule has 0 saturated carbocycles. The molecule has 1 heterocycles. The average Bonchev–Trinajstić information content (AvgIpc) is 1.59. The molecule has 0 unspecified atom stereocenters. The summed E-state index contributed by atoms with van der Waals surface area (Å²) in [7, 11) is 0. The van der Waals surface area contributed by atoms with E-state index >= 15 is 0 Å². The SMILES string of the molecule is S=c1nc([S-])[nH]c(=S)[nH]1.[Na+].[Na+].[Na+]. The number of aromatic amines is 2. The molecule has 0 amide bonds. The smallest absolute Gasteiger partial charge is 0.742 e. The number of hydrogen-bond acceptors (Lipinski definition) is 4. The predicted octanol–water partition coefficient (Wildman–Crippen LogP) is -7.89. The van der Waals surface area contributed by atoms with Crippen molar-refractivity contribution in [1.82, 2.24) is 15.0 Å². The van der Waals surface area contributed by atoms with Gasteiger partial charge in [0.25, 0.3) is 0 Å². The van der Waals surface area contributed by atoms with E-state index in [9.17, 15) is 0 Å². The molecule has 48 valence electrons. The summed E-state index contributed by atoms with van der Waals surface area (Å²) in [5.41, 5.74) is 0. The van der Waals surface area contributed by atoms with Crippen LogP contribution in [0.15, 0.2) is 5.16 Å². The first kappa shape index (κ1) is 20.1. The van der Waals surface area contributed by atoms with Crippen molar-refractivity contribution in [2.75, 3.05) is 0 Å². The number of rotatable bonds is 0. The summed E-state index contributed by atoms with van der Waals surface area (Å²) < 4.78 is 0.740. The van der Waals surface area contributed by atoms with E-state index in [0.717, 1.165) is 0 Å². The third kappa shape index (κ3) is 8.02. The molecule has 0 bridgehead atoms. The molecule has 12 heavy (non-hydrogen) atoms. The van der Waals surface area contributed by atoms with Gasteiger partial charge < -0.3 is 22.6 Å². The summed E-state index contributed by atoms with van der Waals surface area (Å²) in [6, 6.07) is 0. The van der Waals surface area contributed by atoms with E-state index in [0.29, 0.717) is 14.7 Å². The first-order chi connectivity index (χ1) is 4.18. The van der Waals surface area contributed by atoms with Crippen LogP contribution >= 0.6 is 24.4 Å². The van der Waals surface area contributed by atoms with Gasteiger partial charge in [-0.1, -0.05) is 0 Å². The van der Waals surface area contributed by atoms with Gasteiger partial charge in [0.2, 0.25) is 0 Å². The number of aromatic nitrogens is 3. The largest absolute Gasteiger partial charge is 1.00 e. The fourth-order valence-electron chi connectivity index (χ4n) is 0.374. The van der Waals surface area contributed by atoms with Crippen LogP contribution in [0, 0.1) is 9.54 Å². The Kier molecular flexibility index (Phi) is 17.1. The molecule has 0 aliphatic heterocycles. The van der Waals surface area contributed by atoms with Gasteiger partial charge in [0.15, 0.2) is 9.54 Å². The van der Waals surface area contributed by atoms with Crippen molar-refractivity contribution in [3.8, 4) is 0 Å². The molecular weight excluding hydrogens is 243 g/mol. The van der Waals surface area contributed by atoms with Gasteiger partial charge in [-0.3, -0.25) is 0 Å². The minimum absolute atomic E-state index is 0. The molecule has 2 N–H and O–H groups in total. The Morgan fingerprint density at radius 1 is 1.08 bits per heavy atom. The topological polar surface area (TPSA) is 44.5 Å². The van der Waals surface area contributed by atoms with Crippen LogP contribution in [0.3, 0.4) is 0 Å². The first-order valence-electron chi connectivity index (χ1n) is 2.06. The molecule has 0 atom stereocenters. The van der Waals surface area contributed by atoms with Crippen molar-refractivity contribution in [3.05, 3.63) is 9.54 Å². The minimum Gasteiger partial charge on any atom is -0.742 e. The van der Waals surface area contributed by atoms with Crippen molar-refractivity contribution in [1.29, 1.82) is 0 Å². The monoisotopic (exact) mass is 245 g/mol. The van der Waals surface area contributed by atoms with Gasteiger partial charge in [-0.25, -0.2) is 4.98 Å². The van der Waals surface area contributed by atoms with Crippen LogP contribution in [0.25, 0.3) is 0 Å². The molecule has 1 rings (SSSR count). The zero-order valence-electron chi connectivity index (χ0n) is 7.17. The third-order valence-corrected chi connectivity index (χ3v) is 1.23. The fraction of sp³-hybridized carbons (Fsp3) is 0. The zero-order chi connectivity index (χ0) is 6.85. The summed E-state index contributed by atoms with van der Waals surface area (Å²) in [6.07, 6.45) is 0. The molecular formula is C3H2N3Na3S3+2. The number of nitrogens with zero attached hydrogens (tertiary/aromatic N) is 1. The fourth-order valence-corrected chi connectivity index (χ4v) is 1.14. The molecule has 1 aromatic heterocycles. The van der Waals surface area contributed by atoms with Gasteiger partial charge >= 0.3 is 88.7 Å². The maximum Gasteiger partial charge on any atom is 1.00 e. The van der Waals surface area contributed by atoms with Crippen LogP contribution < -0.4 is 88.7 Å². The molecule has 3 nitrogen and oxygen atoms in total. The molecule has 1 aromatic rings. The Balaban J connectivity index is -0.000000270. The number of hydrogen-bond donors (Lipinski definition) is 2. The van der Waals surface area contributed by atoms with E-state index in [1.165, 1.54) is 0 Å². The Labute approximate surface area is 152 Å². The van der Waals surface area contributed by atoms with Crippen molar-refractivity contribution in [2.24, 2.45) is 0 Å². The maximum atomic E-state index is 4.70. The Bertz CT molecular complexity index is 292. The third-order valence-electron chi connectivity index (χ3n) is 0.644. The molecule has 0 aromatic carbocycles. The van der Waals surface area contributed by atoms with Crippen LogP contribution in [0.2, 0.25) is 0 Å². The summed E-state index contributed by atoms with van der Waals surface area (Å²) in [5, 5.41) is 0.323. The predicted molar refractivity (Wildman–Crippen MR) is 40.2 cm³/mol. The van der Waals surface area contributed by atoms with Gasteiger partial charge in [-0.15, -0.1) is 0 Å². The van der Waals surface area contributed by atoms with E-state index in [-0.39, 0.29) is 88.7 Å². The van der Waals surface area contributed by atoms with Crippen molar-refractivity contribution in [3.63, 3.8) is 0 Å². The number of nitrogens with one attached hydrogen (secondary N) is 2. The van der Waals surface area contributed by atoms with E-state index in [1.807, 2.05) is 0 Å². The first-order valence-corrected chi connectivity index (χ1v) is 3.28. The summed E-state index contributed by atoms with van der Waals surface area (Å²) in [6.45, 7) is 0. The molecule has 0 radical (unpaired) electrons. The van der Waals surface area contributed by atoms with Gasteiger partial charge in [-0.05, 0) is 29.6 Å². The second kappa shape index (κ2) is 10.2. The quantitative estimate of drug-likeness (QED) is 0.271. The van der Waals surface area contributed by atoms with Gasteiger partial charge in [0.05, 0.1) is 0 Å². The normalized spacial score (nSPS) is 7.00. The van der Waals surface area contributed by atoms with Crippen LogP contribution in [0.1, 0.15) is 0 Å². The standard InChI is InChI=1S/C3H3N3S3.3Na/c7-1-4-2(8)6-3(9)5-1;;;/h(H3,4,5,6,7,8,9);;;/q;3*+1/p-1. The van der Waals surface area contributed by atoms with Gasteiger partial charge in [0.1, 0.15) is 0 Å². The number of H-pyrrole nitrogens is 2. The van der Waals surface area contributed by atoms with Crippen molar-refractivity contribution < 1.29 is 88.7 Å². The Morgan fingerprint density at radius 2 is 1.58 bits per heavy atom. The van der Waals surface area contributed by atoms with E-state index in [2.05, 4.69) is 39.8 Å². The van der Waals surface area contributed by atoms with Gasteiger partial charge in [-0.2, -0.15) is 0 Å². The molecule has 0 aliphatic carbocycles. The maximum absolute atomic E-state index is 4.70. The Morgan fingerprint density at radius 3 is 1.92 bits per heavy atom. The molecule has 9 heteroatoms. The molecule has 0 saturated heterocycles. The van der Waals surface area contributed by atoms with E-state index in [1.54, 1.807) is 0 Å². The van der Waals surface area contributed by atoms with E-state index < -0.39 is 0 Å². The zero-order valence-corrected chi connectivity index (χ0v) is 15.6. The minimum atomic E-state index is 0. The molecule has 0 fully saturated rings. The van der Waals surface area contributed by atoms with Gasteiger partial charge in [0, 0.05) is 0 Å². The van der Waals surface area contributed by atoms with Crippen LogP contribution in [0.5, 0.6) is 0 Å². The Hall–Kier alpha value is 2.67. The summed E-state index contributed by atoms with van der Waals surface area (Å²) >= 11 is 14.0. The summed E-state index contributed by atoms with van der Waals surface area (Å²) in [5.74, 6) is 0. The van der Waals surface area contributed by atoms with Crippen molar-refractivity contribution in [2.45, 2.75) is 5.16 Å². The van der Waals surface area contributed by atoms with Crippen LogP contribution in [0.4, 0.5) is 0 Å².